The van der Waals surface area contributed by atoms with Crippen LogP contribution in [0.3, 0.4) is 0 Å². The number of ether oxygens (including phenoxy) is 1. The van der Waals surface area contributed by atoms with E-state index in [1.165, 1.54) is 4.90 Å². The van der Waals surface area contributed by atoms with Crippen LogP contribution in [0.2, 0.25) is 0 Å². The van der Waals surface area contributed by atoms with E-state index in [0.717, 1.165) is 0 Å². The maximum absolute atomic E-state index is 12.2. The summed E-state index contributed by atoms with van der Waals surface area (Å²) >= 11 is 0. The van der Waals surface area contributed by atoms with Gasteiger partial charge in [-0.1, -0.05) is 0 Å². The van der Waals surface area contributed by atoms with Gasteiger partial charge in [-0.2, -0.15) is 0 Å². The van der Waals surface area contributed by atoms with Crippen LogP contribution < -0.4 is 5.32 Å². The summed E-state index contributed by atoms with van der Waals surface area (Å²) in [7, 11) is 1.63. The Labute approximate surface area is 111 Å². The largest absolute Gasteiger partial charge is 0.450 e. The number of piperidine rings is 1. The molecule has 0 radical (unpaired) electrons. The molecule has 0 aromatic rings. The molecule has 0 bridgehead atoms. The van der Waals surface area contributed by atoms with Crippen molar-refractivity contribution in [2.24, 2.45) is 0 Å². The minimum Gasteiger partial charge on any atom is -0.450 e. The Bertz CT molecular complexity index is 402. The molecule has 7 heteroatoms. The first-order valence-corrected chi connectivity index (χ1v) is 6.47. The first-order chi connectivity index (χ1) is 8.98. The number of carbonyl (C=O) groups excluding carboxylic acids is 3. The van der Waals surface area contributed by atoms with E-state index in [9.17, 15) is 14.4 Å². The lowest BCUT2D eigenvalue weighted by Crippen LogP contribution is -2.68. The average Bonchev–Trinajstić information content (AvgIpc) is 2.37. The predicted molar refractivity (Wildman–Crippen MR) is 66.3 cm³/mol. The Morgan fingerprint density at radius 3 is 2.58 bits per heavy atom. The molecule has 1 N–H and O–H groups in total. The molecule has 7 nitrogen and oxygen atoms in total. The highest BCUT2D eigenvalue weighted by atomic mass is 16.6. The van der Waals surface area contributed by atoms with Gasteiger partial charge in [-0.3, -0.25) is 9.59 Å². The zero-order chi connectivity index (χ0) is 14.0. The van der Waals surface area contributed by atoms with Gasteiger partial charge in [0.1, 0.15) is 5.54 Å². The van der Waals surface area contributed by atoms with E-state index in [1.807, 2.05) is 0 Å². The molecule has 2 saturated heterocycles. The number of hydrogen-bond acceptors (Lipinski definition) is 4. The zero-order valence-electron chi connectivity index (χ0n) is 11.3. The molecular formula is C12H19N3O4. The summed E-state index contributed by atoms with van der Waals surface area (Å²) in [4.78, 5) is 38.4. The molecule has 0 saturated carbocycles. The van der Waals surface area contributed by atoms with E-state index in [2.05, 4.69) is 5.32 Å². The molecule has 2 aliphatic rings. The first kappa shape index (κ1) is 13.6. The van der Waals surface area contributed by atoms with Crippen molar-refractivity contribution in [2.45, 2.75) is 25.3 Å². The smallest absolute Gasteiger partial charge is 0.409 e. The quantitative estimate of drug-likeness (QED) is 0.700. The summed E-state index contributed by atoms with van der Waals surface area (Å²) < 4.78 is 4.93. The molecule has 0 atom stereocenters. The van der Waals surface area contributed by atoms with Crippen LogP contribution in [-0.4, -0.2) is 66.5 Å². The van der Waals surface area contributed by atoms with E-state index >= 15 is 0 Å². The Kier molecular flexibility index (Phi) is 3.64. The number of nitrogens with one attached hydrogen (secondary N) is 1. The number of amides is 3. The lowest BCUT2D eigenvalue weighted by molar-refractivity contribution is -0.150. The van der Waals surface area contributed by atoms with Crippen molar-refractivity contribution in [3.05, 3.63) is 0 Å². The van der Waals surface area contributed by atoms with Crippen LogP contribution in [0.1, 0.15) is 19.8 Å². The molecule has 0 aliphatic carbocycles. The third-order valence-electron chi connectivity index (χ3n) is 3.66. The fourth-order valence-corrected chi connectivity index (χ4v) is 2.64. The summed E-state index contributed by atoms with van der Waals surface area (Å²) in [5.74, 6) is -0.220. The number of likely N-dealkylation sites (N-methyl/N-ethyl adjacent to an activating group) is 1. The molecule has 0 aromatic heterocycles. The van der Waals surface area contributed by atoms with E-state index < -0.39 is 5.54 Å². The van der Waals surface area contributed by atoms with E-state index in [0.29, 0.717) is 32.5 Å². The van der Waals surface area contributed by atoms with Crippen molar-refractivity contribution in [1.29, 1.82) is 0 Å². The lowest BCUT2D eigenvalue weighted by Gasteiger charge is -2.45. The minimum atomic E-state index is -0.840. The Morgan fingerprint density at radius 1 is 1.37 bits per heavy atom. The van der Waals surface area contributed by atoms with Gasteiger partial charge in [-0.15, -0.1) is 0 Å². The van der Waals surface area contributed by atoms with E-state index in [-0.39, 0.29) is 24.5 Å². The minimum absolute atomic E-state index is 0.0735. The van der Waals surface area contributed by atoms with Crippen molar-refractivity contribution >= 4 is 17.9 Å². The highest BCUT2D eigenvalue weighted by Gasteiger charge is 2.47. The zero-order valence-corrected chi connectivity index (χ0v) is 11.3. The Morgan fingerprint density at radius 2 is 2.00 bits per heavy atom. The van der Waals surface area contributed by atoms with Gasteiger partial charge in [0, 0.05) is 20.1 Å². The topological polar surface area (TPSA) is 79.0 Å². The maximum Gasteiger partial charge on any atom is 0.409 e. The molecule has 19 heavy (non-hydrogen) atoms. The summed E-state index contributed by atoms with van der Waals surface area (Å²) in [5, 5.41) is 2.79. The number of nitrogens with zero attached hydrogens (tertiary/aromatic N) is 2. The average molecular weight is 269 g/mol. The van der Waals surface area contributed by atoms with Crippen molar-refractivity contribution in [3.63, 3.8) is 0 Å². The summed E-state index contributed by atoms with van der Waals surface area (Å²) in [6.07, 6.45) is 0.502. The van der Waals surface area contributed by atoms with Crippen molar-refractivity contribution in [3.8, 4) is 0 Å². The number of hydrogen-bond donors (Lipinski definition) is 1. The highest BCUT2D eigenvalue weighted by molar-refractivity contribution is 5.98. The predicted octanol–water partition coefficient (Wildman–Crippen LogP) is -0.434. The summed E-state index contributed by atoms with van der Waals surface area (Å²) in [5.41, 5.74) is -0.840. The second kappa shape index (κ2) is 5.07. The van der Waals surface area contributed by atoms with Gasteiger partial charge in [-0.25, -0.2) is 4.79 Å². The van der Waals surface area contributed by atoms with Gasteiger partial charge >= 0.3 is 6.09 Å². The molecule has 0 aromatic carbocycles. The second-order valence-electron chi connectivity index (χ2n) is 4.98. The van der Waals surface area contributed by atoms with Crippen LogP contribution in [0.25, 0.3) is 0 Å². The van der Waals surface area contributed by atoms with Crippen LogP contribution in [-0.2, 0) is 14.3 Å². The van der Waals surface area contributed by atoms with E-state index in [4.69, 9.17) is 4.74 Å². The third kappa shape index (κ3) is 2.50. The van der Waals surface area contributed by atoms with Gasteiger partial charge in [0.25, 0.3) is 0 Å². The van der Waals surface area contributed by atoms with Crippen molar-refractivity contribution in [2.75, 3.05) is 33.3 Å². The van der Waals surface area contributed by atoms with Gasteiger partial charge in [0.2, 0.25) is 11.8 Å². The number of piperazine rings is 1. The third-order valence-corrected chi connectivity index (χ3v) is 3.66. The normalized spacial score (nSPS) is 22.4. The monoisotopic (exact) mass is 269 g/mol. The molecule has 2 aliphatic heterocycles. The van der Waals surface area contributed by atoms with Gasteiger partial charge < -0.3 is 19.9 Å². The summed E-state index contributed by atoms with van der Waals surface area (Å²) in [6, 6.07) is 0. The summed E-state index contributed by atoms with van der Waals surface area (Å²) in [6.45, 7) is 3.02. The number of carbonyl (C=O) groups is 3. The molecule has 3 amide bonds. The van der Waals surface area contributed by atoms with Gasteiger partial charge in [-0.05, 0) is 19.8 Å². The van der Waals surface area contributed by atoms with Crippen LogP contribution in [0, 0.1) is 0 Å². The van der Waals surface area contributed by atoms with Crippen LogP contribution in [0.4, 0.5) is 4.79 Å². The standard InChI is InChI=1S/C12H19N3O4/c1-3-19-11(18)15-6-4-12(5-7-15)10(17)14(2)8-9(16)13-12/h3-8H2,1-2H3,(H,13,16). The lowest BCUT2D eigenvalue weighted by atomic mass is 9.84. The molecule has 0 unspecified atom stereocenters. The molecule has 106 valence electrons. The van der Waals surface area contributed by atoms with Crippen molar-refractivity contribution in [1.82, 2.24) is 15.1 Å². The molecule has 2 heterocycles. The van der Waals surface area contributed by atoms with Crippen LogP contribution in [0.15, 0.2) is 0 Å². The van der Waals surface area contributed by atoms with Crippen LogP contribution in [0.5, 0.6) is 0 Å². The molecule has 1 spiro atoms. The SMILES string of the molecule is CCOC(=O)N1CCC2(CC1)NC(=O)CN(C)C2=O. The number of likely N-dealkylation sites (tertiary alicyclic amines) is 1. The molecular weight excluding hydrogens is 250 g/mol. The fraction of sp³-hybridized carbons (Fsp3) is 0.750. The Balaban J connectivity index is 2.03. The first-order valence-electron chi connectivity index (χ1n) is 6.47. The highest BCUT2D eigenvalue weighted by Crippen LogP contribution is 2.27. The molecule has 2 fully saturated rings. The van der Waals surface area contributed by atoms with Gasteiger partial charge in [0.15, 0.2) is 0 Å². The Hall–Kier alpha value is -1.79. The maximum atomic E-state index is 12.2. The van der Waals surface area contributed by atoms with Crippen molar-refractivity contribution < 1.29 is 19.1 Å². The molecule has 2 rings (SSSR count). The fourth-order valence-electron chi connectivity index (χ4n) is 2.64. The van der Waals surface area contributed by atoms with Crippen LogP contribution >= 0.6 is 0 Å². The van der Waals surface area contributed by atoms with Gasteiger partial charge in [0.05, 0.1) is 13.2 Å². The van der Waals surface area contributed by atoms with E-state index in [1.54, 1.807) is 18.9 Å². The second-order valence-corrected chi connectivity index (χ2v) is 4.98. The number of rotatable bonds is 1.